The van der Waals surface area contributed by atoms with Crippen molar-refractivity contribution in [1.82, 2.24) is 14.5 Å². The van der Waals surface area contributed by atoms with E-state index in [-0.39, 0.29) is 23.9 Å². The Labute approximate surface area is 141 Å². The summed E-state index contributed by atoms with van der Waals surface area (Å²) in [5.74, 6) is -0.146. The normalized spacial score (nSPS) is 10.9. The van der Waals surface area contributed by atoms with E-state index in [1.165, 1.54) is 6.07 Å². The molecule has 1 aromatic carbocycles. The highest BCUT2D eigenvalue weighted by molar-refractivity contribution is 5.88. The Kier molecular flexibility index (Phi) is 5.39. The van der Waals surface area contributed by atoms with Crippen LogP contribution in [-0.4, -0.2) is 38.5 Å². The minimum Gasteiger partial charge on any atom is -0.478 e. The van der Waals surface area contributed by atoms with Gasteiger partial charge in [-0.3, -0.25) is 4.79 Å². The number of amides is 1. The van der Waals surface area contributed by atoms with Gasteiger partial charge in [-0.1, -0.05) is 6.07 Å². The van der Waals surface area contributed by atoms with E-state index in [2.05, 4.69) is 18.8 Å². The van der Waals surface area contributed by atoms with Crippen molar-refractivity contribution in [2.75, 3.05) is 7.05 Å². The number of aromatic carboxylic acids is 1. The molecular weight excluding hydrogens is 306 g/mol. The average Bonchev–Trinajstić information content (AvgIpc) is 2.97. The molecule has 0 atom stereocenters. The number of benzene rings is 1. The molecule has 6 nitrogen and oxygen atoms in total. The maximum absolute atomic E-state index is 12.5. The van der Waals surface area contributed by atoms with Gasteiger partial charge in [-0.2, -0.15) is 0 Å². The summed E-state index contributed by atoms with van der Waals surface area (Å²) in [6.45, 7) is 6.40. The Hall–Kier alpha value is -2.63. The first-order valence-corrected chi connectivity index (χ1v) is 7.88. The Balaban J connectivity index is 2.06. The highest BCUT2D eigenvalue weighted by Crippen LogP contribution is 2.14. The number of imidazole rings is 1. The van der Waals surface area contributed by atoms with E-state index in [4.69, 9.17) is 5.11 Å². The second-order valence-corrected chi connectivity index (χ2v) is 6.22. The molecule has 1 amide bonds. The SMILES string of the molecule is Cc1cc(C(=O)O)ccc1CC(=O)N(C)Cc1nccn1C(C)C. The van der Waals surface area contributed by atoms with Crippen molar-refractivity contribution in [3.63, 3.8) is 0 Å². The highest BCUT2D eigenvalue weighted by atomic mass is 16.4. The molecule has 24 heavy (non-hydrogen) atoms. The second-order valence-electron chi connectivity index (χ2n) is 6.22. The Bertz CT molecular complexity index is 750. The quantitative estimate of drug-likeness (QED) is 0.884. The van der Waals surface area contributed by atoms with Gasteiger partial charge in [0.1, 0.15) is 5.82 Å². The first-order chi connectivity index (χ1) is 11.3. The monoisotopic (exact) mass is 329 g/mol. The molecule has 0 unspecified atom stereocenters. The van der Waals surface area contributed by atoms with Crippen LogP contribution in [0.15, 0.2) is 30.6 Å². The second kappa shape index (κ2) is 7.29. The maximum Gasteiger partial charge on any atom is 0.335 e. The molecule has 1 heterocycles. The van der Waals surface area contributed by atoms with Gasteiger partial charge in [-0.05, 0) is 44.0 Å². The molecule has 2 aromatic rings. The molecule has 0 saturated heterocycles. The van der Waals surface area contributed by atoms with Gasteiger partial charge in [-0.15, -0.1) is 0 Å². The standard InChI is InChI=1S/C18H23N3O3/c1-12(2)21-8-7-19-16(21)11-20(4)17(22)10-14-5-6-15(18(23)24)9-13(14)3/h5-9,12H,10-11H2,1-4H3,(H,23,24). The number of carbonyl (C=O) groups excluding carboxylic acids is 1. The lowest BCUT2D eigenvalue weighted by atomic mass is 10.0. The largest absolute Gasteiger partial charge is 0.478 e. The van der Waals surface area contributed by atoms with Crippen molar-refractivity contribution in [2.24, 2.45) is 0 Å². The van der Waals surface area contributed by atoms with Gasteiger partial charge in [-0.25, -0.2) is 9.78 Å². The first kappa shape index (κ1) is 17.7. The fourth-order valence-electron chi connectivity index (χ4n) is 2.56. The molecule has 6 heteroatoms. The van der Waals surface area contributed by atoms with E-state index in [9.17, 15) is 9.59 Å². The van der Waals surface area contributed by atoms with Crippen LogP contribution in [0.5, 0.6) is 0 Å². The van der Waals surface area contributed by atoms with Gasteiger partial charge in [0.05, 0.1) is 18.5 Å². The van der Waals surface area contributed by atoms with Crippen LogP contribution in [-0.2, 0) is 17.8 Å². The average molecular weight is 329 g/mol. The minimum atomic E-state index is -0.964. The number of nitrogens with zero attached hydrogens (tertiary/aromatic N) is 3. The summed E-state index contributed by atoms with van der Waals surface area (Å²) in [4.78, 5) is 29.4. The number of aryl methyl sites for hydroxylation is 1. The lowest BCUT2D eigenvalue weighted by molar-refractivity contribution is -0.129. The van der Waals surface area contributed by atoms with Crippen molar-refractivity contribution in [3.05, 3.63) is 53.1 Å². The van der Waals surface area contributed by atoms with Gasteiger partial charge in [0.15, 0.2) is 0 Å². The fraction of sp³-hybridized carbons (Fsp3) is 0.389. The van der Waals surface area contributed by atoms with Crippen LogP contribution >= 0.6 is 0 Å². The number of hydrogen-bond acceptors (Lipinski definition) is 3. The summed E-state index contributed by atoms with van der Waals surface area (Å²) in [6, 6.07) is 5.12. The number of aromatic nitrogens is 2. The predicted molar refractivity (Wildman–Crippen MR) is 90.9 cm³/mol. The van der Waals surface area contributed by atoms with Crippen LogP contribution in [0.25, 0.3) is 0 Å². The molecular formula is C18H23N3O3. The zero-order valence-electron chi connectivity index (χ0n) is 14.5. The molecule has 0 bridgehead atoms. The van der Waals surface area contributed by atoms with Gasteiger partial charge in [0, 0.05) is 25.5 Å². The van der Waals surface area contributed by atoms with Gasteiger partial charge in [0.25, 0.3) is 0 Å². The zero-order chi connectivity index (χ0) is 17.9. The smallest absolute Gasteiger partial charge is 0.335 e. The third-order valence-electron chi connectivity index (χ3n) is 4.04. The van der Waals surface area contributed by atoms with Crippen molar-refractivity contribution >= 4 is 11.9 Å². The van der Waals surface area contributed by atoms with E-state index in [0.29, 0.717) is 6.54 Å². The number of carboxylic acid groups (broad SMARTS) is 1. The van der Waals surface area contributed by atoms with Crippen LogP contribution in [0.3, 0.4) is 0 Å². The van der Waals surface area contributed by atoms with E-state index in [0.717, 1.165) is 17.0 Å². The minimum absolute atomic E-state index is 0.0283. The maximum atomic E-state index is 12.5. The van der Waals surface area contributed by atoms with E-state index in [1.807, 2.05) is 17.7 Å². The topological polar surface area (TPSA) is 75.4 Å². The summed E-state index contributed by atoms with van der Waals surface area (Å²) >= 11 is 0. The molecule has 0 radical (unpaired) electrons. The van der Waals surface area contributed by atoms with E-state index >= 15 is 0 Å². The third-order valence-corrected chi connectivity index (χ3v) is 4.04. The van der Waals surface area contributed by atoms with Crippen molar-refractivity contribution in [1.29, 1.82) is 0 Å². The summed E-state index contributed by atoms with van der Waals surface area (Å²) in [6.07, 6.45) is 3.89. The molecule has 1 N–H and O–H groups in total. The molecule has 2 rings (SSSR count). The van der Waals surface area contributed by atoms with Crippen LogP contribution in [0.4, 0.5) is 0 Å². The molecule has 0 aliphatic carbocycles. The lowest BCUT2D eigenvalue weighted by Gasteiger charge is -2.19. The summed E-state index contributed by atoms with van der Waals surface area (Å²) in [5, 5.41) is 9.00. The Morgan fingerprint density at radius 1 is 1.33 bits per heavy atom. The van der Waals surface area contributed by atoms with Crippen LogP contribution in [0.1, 0.15) is 47.2 Å². The summed E-state index contributed by atoms with van der Waals surface area (Å²) in [5.41, 5.74) is 1.88. The van der Waals surface area contributed by atoms with Crippen molar-refractivity contribution < 1.29 is 14.7 Å². The Morgan fingerprint density at radius 2 is 2.04 bits per heavy atom. The van der Waals surface area contributed by atoms with Crippen LogP contribution in [0, 0.1) is 6.92 Å². The van der Waals surface area contributed by atoms with E-state index in [1.54, 1.807) is 30.3 Å². The summed E-state index contributed by atoms with van der Waals surface area (Å²) in [7, 11) is 1.75. The molecule has 1 aromatic heterocycles. The number of carbonyl (C=O) groups is 2. The number of likely N-dealkylation sites (N-methyl/N-ethyl adjacent to an activating group) is 1. The van der Waals surface area contributed by atoms with Crippen molar-refractivity contribution in [2.45, 2.75) is 39.8 Å². The number of hydrogen-bond donors (Lipinski definition) is 1. The van der Waals surface area contributed by atoms with Gasteiger partial charge in [0.2, 0.25) is 5.91 Å². The van der Waals surface area contributed by atoms with Crippen LogP contribution in [0.2, 0.25) is 0 Å². The van der Waals surface area contributed by atoms with Gasteiger partial charge >= 0.3 is 5.97 Å². The Morgan fingerprint density at radius 3 is 2.62 bits per heavy atom. The molecule has 128 valence electrons. The zero-order valence-corrected chi connectivity index (χ0v) is 14.5. The van der Waals surface area contributed by atoms with Crippen molar-refractivity contribution in [3.8, 4) is 0 Å². The highest BCUT2D eigenvalue weighted by Gasteiger charge is 2.15. The summed E-state index contributed by atoms with van der Waals surface area (Å²) < 4.78 is 2.04. The van der Waals surface area contributed by atoms with E-state index < -0.39 is 5.97 Å². The predicted octanol–water partition coefficient (Wildman–Crippen LogP) is 2.67. The molecule has 0 spiro atoms. The molecule has 0 saturated carbocycles. The molecule has 0 aliphatic heterocycles. The molecule has 0 fully saturated rings. The first-order valence-electron chi connectivity index (χ1n) is 7.88. The van der Waals surface area contributed by atoms with Gasteiger partial charge < -0.3 is 14.6 Å². The van der Waals surface area contributed by atoms with Crippen LogP contribution < -0.4 is 0 Å². The number of rotatable bonds is 6. The number of carboxylic acids is 1. The third kappa shape index (κ3) is 4.01. The fourth-order valence-corrected chi connectivity index (χ4v) is 2.56. The molecule has 0 aliphatic rings. The lowest BCUT2D eigenvalue weighted by Crippen LogP contribution is -2.29.